The third kappa shape index (κ3) is 3.06. The van der Waals surface area contributed by atoms with Gasteiger partial charge in [-0.3, -0.25) is 4.79 Å². The quantitative estimate of drug-likeness (QED) is 0.400. The van der Waals surface area contributed by atoms with E-state index in [1.165, 1.54) is 0 Å². The molecule has 1 amide bonds. The molecule has 134 valence electrons. The lowest BCUT2D eigenvalue weighted by Gasteiger charge is -2.27. The number of nitrogens with zero attached hydrogens (tertiary/aromatic N) is 4. The topological polar surface area (TPSA) is 69.1 Å². The highest BCUT2D eigenvalue weighted by Gasteiger charge is 2.64. The molecule has 3 rings (SSSR count). The highest BCUT2D eigenvalue weighted by Crippen LogP contribution is 2.61. The Morgan fingerprint density at radius 2 is 1.73 bits per heavy atom. The van der Waals surface area contributed by atoms with Crippen LogP contribution in [0.4, 0.5) is 0 Å². The van der Waals surface area contributed by atoms with Gasteiger partial charge in [-0.2, -0.15) is 0 Å². The number of azide groups is 1. The van der Waals surface area contributed by atoms with Gasteiger partial charge in [-0.05, 0) is 42.8 Å². The maximum absolute atomic E-state index is 13.4. The normalized spacial score (nSPS) is 22.2. The van der Waals surface area contributed by atoms with Crippen LogP contribution in [-0.4, -0.2) is 23.9 Å². The summed E-state index contributed by atoms with van der Waals surface area (Å²) >= 11 is 0. The van der Waals surface area contributed by atoms with E-state index in [1.54, 1.807) is 0 Å². The van der Waals surface area contributed by atoms with Crippen LogP contribution in [0.15, 0.2) is 65.8 Å². The molecule has 2 aromatic carbocycles. The molecule has 26 heavy (non-hydrogen) atoms. The van der Waals surface area contributed by atoms with Gasteiger partial charge >= 0.3 is 0 Å². The van der Waals surface area contributed by atoms with Gasteiger partial charge < -0.3 is 4.90 Å². The Hall–Kier alpha value is -2.78. The number of carbonyl (C=O) groups excluding carboxylic acids is 1. The minimum Gasteiger partial charge on any atom is -0.342 e. The van der Waals surface area contributed by atoms with Gasteiger partial charge in [-0.1, -0.05) is 65.8 Å². The summed E-state index contributed by atoms with van der Waals surface area (Å²) in [5, 5.41) is 4.08. The molecule has 5 nitrogen and oxygen atoms in total. The van der Waals surface area contributed by atoms with Gasteiger partial charge in [-0.15, -0.1) is 0 Å². The molecule has 0 aliphatic heterocycles. The summed E-state index contributed by atoms with van der Waals surface area (Å²) in [7, 11) is 0. The van der Waals surface area contributed by atoms with Crippen LogP contribution in [0.2, 0.25) is 0 Å². The Kier molecular flexibility index (Phi) is 5.29. The van der Waals surface area contributed by atoms with Gasteiger partial charge in [-0.25, -0.2) is 0 Å². The van der Waals surface area contributed by atoms with Crippen molar-refractivity contribution in [2.24, 2.45) is 11.0 Å². The largest absolute Gasteiger partial charge is 0.342 e. The van der Waals surface area contributed by atoms with Crippen molar-refractivity contribution in [2.75, 3.05) is 13.1 Å². The van der Waals surface area contributed by atoms with Crippen LogP contribution >= 0.6 is 0 Å². The summed E-state index contributed by atoms with van der Waals surface area (Å²) in [4.78, 5) is 18.4. The minimum atomic E-state index is -0.609. The van der Waals surface area contributed by atoms with Gasteiger partial charge in [0.05, 0.1) is 11.5 Å². The van der Waals surface area contributed by atoms with E-state index in [2.05, 4.69) is 10.0 Å². The highest BCUT2D eigenvalue weighted by atomic mass is 16.2. The molecule has 1 fully saturated rings. The molecule has 1 aliphatic carbocycles. The van der Waals surface area contributed by atoms with Crippen molar-refractivity contribution in [1.29, 1.82) is 0 Å². The van der Waals surface area contributed by atoms with Crippen LogP contribution in [0.25, 0.3) is 10.4 Å². The van der Waals surface area contributed by atoms with Crippen LogP contribution in [0, 0.1) is 5.92 Å². The number of rotatable bonds is 7. The van der Waals surface area contributed by atoms with Crippen molar-refractivity contribution >= 4 is 5.91 Å². The van der Waals surface area contributed by atoms with Gasteiger partial charge in [0.25, 0.3) is 0 Å². The number of carbonyl (C=O) groups is 1. The zero-order valence-electron chi connectivity index (χ0n) is 15.2. The van der Waals surface area contributed by atoms with E-state index in [-0.39, 0.29) is 17.9 Å². The van der Waals surface area contributed by atoms with E-state index in [9.17, 15) is 4.79 Å². The molecule has 0 N–H and O–H groups in total. The summed E-state index contributed by atoms with van der Waals surface area (Å²) in [6, 6.07) is 19.3. The van der Waals surface area contributed by atoms with Crippen LogP contribution in [0.3, 0.4) is 0 Å². The van der Waals surface area contributed by atoms with Crippen LogP contribution in [0.5, 0.6) is 0 Å². The average Bonchev–Trinajstić information content (AvgIpc) is 3.45. The first-order valence-electron chi connectivity index (χ1n) is 9.13. The van der Waals surface area contributed by atoms with Crippen LogP contribution in [0.1, 0.15) is 37.4 Å². The lowest BCUT2D eigenvalue weighted by atomic mass is 9.87. The molecular formula is C21H24N4O. The molecule has 5 heteroatoms. The Bertz CT molecular complexity index is 797. The number of hydrogen-bond acceptors (Lipinski definition) is 2. The zero-order chi connectivity index (χ0) is 18.6. The molecule has 0 bridgehead atoms. The highest BCUT2D eigenvalue weighted by molar-refractivity contribution is 5.92. The average molecular weight is 348 g/mol. The van der Waals surface area contributed by atoms with Crippen molar-refractivity contribution in [1.82, 2.24) is 4.90 Å². The first kappa shape index (κ1) is 18.0. The van der Waals surface area contributed by atoms with Gasteiger partial charge in [0.1, 0.15) is 0 Å². The van der Waals surface area contributed by atoms with E-state index in [0.717, 1.165) is 11.1 Å². The summed E-state index contributed by atoms with van der Waals surface area (Å²) in [6.07, 6.45) is 0.699. The molecule has 1 saturated carbocycles. The molecule has 0 aromatic heterocycles. The molecule has 3 atom stereocenters. The van der Waals surface area contributed by atoms with Crippen molar-refractivity contribution in [2.45, 2.75) is 31.7 Å². The lowest BCUT2D eigenvalue weighted by Crippen LogP contribution is -2.40. The molecule has 0 heterocycles. The first-order valence-corrected chi connectivity index (χ1v) is 9.13. The summed E-state index contributed by atoms with van der Waals surface area (Å²) in [5.41, 5.74) is 10.5. The second kappa shape index (κ2) is 7.63. The molecule has 0 radical (unpaired) electrons. The lowest BCUT2D eigenvalue weighted by molar-refractivity contribution is -0.134. The summed E-state index contributed by atoms with van der Waals surface area (Å²) in [5.74, 6) is 0.101. The standard InChI is InChI=1S/C21H24N4O/c1-3-25(4-2)20(26)21(17-13-9-6-10-14-17)15-18(21)19(23-24-22)16-11-7-5-8-12-16/h5-14,18-19H,3-4,15H2,1-2H3/t18-,19-,21+/m0/s1. The van der Waals surface area contributed by atoms with Crippen molar-refractivity contribution in [3.63, 3.8) is 0 Å². The number of hydrogen-bond donors (Lipinski definition) is 0. The maximum atomic E-state index is 13.4. The van der Waals surface area contributed by atoms with E-state index >= 15 is 0 Å². The van der Waals surface area contributed by atoms with Crippen LogP contribution in [-0.2, 0) is 10.2 Å². The summed E-state index contributed by atoms with van der Waals surface area (Å²) < 4.78 is 0. The first-order chi connectivity index (χ1) is 12.7. The number of likely N-dealkylation sites (N-methyl/N-ethyl adjacent to an activating group) is 1. The Labute approximate surface area is 154 Å². The molecule has 2 aromatic rings. The number of benzene rings is 2. The Morgan fingerprint density at radius 1 is 1.15 bits per heavy atom. The SMILES string of the molecule is CCN(CC)C(=O)[C@@]1(c2ccccc2)C[C@H]1[C@@H](N=[N+]=[N-])c1ccccc1. The molecular weight excluding hydrogens is 324 g/mol. The maximum Gasteiger partial charge on any atom is 0.233 e. The monoisotopic (exact) mass is 348 g/mol. The predicted molar refractivity (Wildman–Crippen MR) is 102 cm³/mol. The van der Waals surface area contributed by atoms with Crippen molar-refractivity contribution < 1.29 is 4.79 Å². The van der Waals surface area contributed by atoms with Crippen molar-refractivity contribution in [3.8, 4) is 0 Å². The third-order valence-electron chi connectivity index (χ3n) is 5.43. The second-order valence-corrected chi connectivity index (χ2v) is 6.69. The smallest absolute Gasteiger partial charge is 0.233 e. The Balaban J connectivity index is 2.04. The van der Waals surface area contributed by atoms with Crippen LogP contribution < -0.4 is 0 Å². The van der Waals surface area contributed by atoms with Crippen molar-refractivity contribution in [3.05, 3.63) is 82.2 Å². The fourth-order valence-corrected chi connectivity index (χ4v) is 3.98. The van der Waals surface area contributed by atoms with Gasteiger partial charge in [0.2, 0.25) is 5.91 Å². The molecule has 1 aliphatic rings. The zero-order valence-corrected chi connectivity index (χ0v) is 15.2. The molecule has 0 spiro atoms. The fourth-order valence-electron chi connectivity index (χ4n) is 3.98. The molecule has 0 unspecified atom stereocenters. The van der Waals surface area contributed by atoms with E-state index in [0.29, 0.717) is 19.5 Å². The molecule has 0 saturated heterocycles. The number of amides is 1. The van der Waals surface area contributed by atoms with E-state index < -0.39 is 5.41 Å². The fraction of sp³-hybridized carbons (Fsp3) is 0.381. The van der Waals surface area contributed by atoms with E-state index in [4.69, 9.17) is 5.53 Å². The minimum absolute atomic E-state index is 0.0312. The Morgan fingerprint density at radius 3 is 2.27 bits per heavy atom. The predicted octanol–water partition coefficient (Wildman–Crippen LogP) is 4.86. The summed E-state index contributed by atoms with van der Waals surface area (Å²) in [6.45, 7) is 5.35. The van der Waals surface area contributed by atoms with Gasteiger partial charge in [0, 0.05) is 18.0 Å². The third-order valence-corrected chi connectivity index (χ3v) is 5.43. The second-order valence-electron chi connectivity index (χ2n) is 6.69. The van der Waals surface area contributed by atoms with E-state index in [1.807, 2.05) is 79.4 Å². The van der Waals surface area contributed by atoms with Gasteiger partial charge in [0.15, 0.2) is 0 Å².